The molecular weight excluding hydrogens is 237 g/mol. The van der Waals surface area contributed by atoms with E-state index in [1.165, 1.54) is 18.6 Å². The van der Waals surface area contributed by atoms with Crippen LogP contribution in [0.5, 0.6) is 0 Å². The van der Waals surface area contributed by atoms with Crippen molar-refractivity contribution in [2.45, 2.75) is 24.5 Å². The Balaban J connectivity index is 1.96. The van der Waals surface area contributed by atoms with Crippen LogP contribution in [0.3, 0.4) is 0 Å². The van der Waals surface area contributed by atoms with Crippen molar-refractivity contribution in [2.75, 3.05) is 12.3 Å². The number of amides is 1. The lowest BCUT2D eigenvalue weighted by Crippen LogP contribution is -2.37. The number of carbonyl (C=O) groups excluding carboxylic acids is 1. The molecule has 1 amide bonds. The molecule has 0 radical (unpaired) electrons. The average molecular weight is 253 g/mol. The molecule has 1 fully saturated rings. The average Bonchev–Trinajstić information content (AvgIpc) is 2.74. The molecule has 1 aromatic rings. The predicted molar refractivity (Wildman–Crippen MR) is 68.8 cm³/mol. The summed E-state index contributed by atoms with van der Waals surface area (Å²) in [7, 11) is 0. The number of halogens is 1. The summed E-state index contributed by atoms with van der Waals surface area (Å²) in [5.74, 6) is 0.359. The minimum absolute atomic E-state index is 0.112. The van der Waals surface area contributed by atoms with Crippen molar-refractivity contribution in [3.8, 4) is 0 Å². The molecule has 1 atom stereocenters. The van der Waals surface area contributed by atoms with E-state index in [1.807, 2.05) is 11.8 Å². The van der Waals surface area contributed by atoms with Crippen LogP contribution < -0.4 is 5.32 Å². The normalized spacial score (nSPS) is 23.6. The van der Waals surface area contributed by atoms with Crippen molar-refractivity contribution >= 4 is 17.7 Å². The van der Waals surface area contributed by atoms with E-state index in [1.54, 1.807) is 12.1 Å². The molecule has 1 heterocycles. The van der Waals surface area contributed by atoms with Crippen LogP contribution in [0.25, 0.3) is 0 Å². The van der Waals surface area contributed by atoms with E-state index in [2.05, 4.69) is 12.2 Å². The van der Waals surface area contributed by atoms with E-state index >= 15 is 0 Å². The minimum Gasteiger partial charge on any atom is -0.351 e. The molecule has 92 valence electrons. The number of benzene rings is 1. The largest absolute Gasteiger partial charge is 0.351 e. The maximum atomic E-state index is 13.4. The van der Waals surface area contributed by atoms with E-state index in [9.17, 15) is 9.18 Å². The Labute approximate surface area is 105 Å². The summed E-state index contributed by atoms with van der Waals surface area (Å²) in [6.45, 7) is 2.75. The van der Waals surface area contributed by atoms with E-state index in [4.69, 9.17) is 0 Å². The van der Waals surface area contributed by atoms with E-state index in [0.717, 1.165) is 12.2 Å². The summed E-state index contributed by atoms with van der Waals surface area (Å²) >= 11 is 1.88. The number of rotatable bonds is 3. The van der Waals surface area contributed by atoms with Crippen LogP contribution >= 0.6 is 11.8 Å². The second-order valence-electron chi connectivity index (χ2n) is 4.56. The van der Waals surface area contributed by atoms with Crippen LogP contribution in [-0.4, -0.2) is 23.0 Å². The number of hydrogen-bond donors (Lipinski definition) is 1. The van der Waals surface area contributed by atoms with Gasteiger partial charge in [0, 0.05) is 11.3 Å². The Morgan fingerprint density at radius 2 is 2.29 bits per heavy atom. The number of carbonyl (C=O) groups is 1. The molecule has 4 heteroatoms. The standard InChI is InChI=1S/C13H16FNOS/c1-13(7-4-8-17-13)9-15-12(16)10-5-2-3-6-11(10)14/h2-3,5-6H,4,7-9H2,1H3,(H,15,16). The van der Waals surface area contributed by atoms with Crippen molar-refractivity contribution in [1.82, 2.24) is 5.32 Å². The van der Waals surface area contributed by atoms with Gasteiger partial charge in [-0.2, -0.15) is 11.8 Å². The zero-order chi connectivity index (χ0) is 12.3. The van der Waals surface area contributed by atoms with Crippen LogP contribution in [0.2, 0.25) is 0 Å². The molecule has 1 aromatic carbocycles. The fourth-order valence-electron chi connectivity index (χ4n) is 1.98. The van der Waals surface area contributed by atoms with Gasteiger partial charge in [0.2, 0.25) is 0 Å². The fourth-order valence-corrected chi connectivity index (χ4v) is 3.23. The zero-order valence-electron chi connectivity index (χ0n) is 9.83. The first-order valence-corrected chi connectivity index (χ1v) is 6.76. The number of hydrogen-bond acceptors (Lipinski definition) is 2. The lowest BCUT2D eigenvalue weighted by atomic mass is 10.1. The van der Waals surface area contributed by atoms with Crippen molar-refractivity contribution < 1.29 is 9.18 Å². The van der Waals surface area contributed by atoms with Crippen LogP contribution in [0.4, 0.5) is 4.39 Å². The molecule has 2 nitrogen and oxygen atoms in total. The smallest absolute Gasteiger partial charge is 0.254 e. The lowest BCUT2D eigenvalue weighted by Gasteiger charge is -2.22. The Kier molecular flexibility index (Phi) is 3.72. The van der Waals surface area contributed by atoms with Gasteiger partial charge >= 0.3 is 0 Å². The Morgan fingerprint density at radius 3 is 2.94 bits per heavy atom. The Morgan fingerprint density at radius 1 is 1.53 bits per heavy atom. The molecule has 0 aliphatic carbocycles. The molecule has 0 spiro atoms. The second-order valence-corrected chi connectivity index (χ2v) is 6.25. The Bertz CT molecular complexity index is 416. The van der Waals surface area contributed by atoms with Gasteiger partial charge in [0.1, 0.15) is 5.82 Å². The summed E-state index contributed by atoms with van der Waals surface area (Å²) < 4.78 is 13.5. The predicted octanol–water partition coefficient (Wildman–Crippen LogP) is 2.84. The van der Waals surface area contributed by atoms with Crippen molar-refractivity contribution in [3.05, 3.63) is 35.6 Å². The highest BCUT2D eigenvalue weighted by Gasteiger charge is 2.29. The van der Waals surface area contributed by atoms with Gasteiger partial charge in [0.15, 0.2) is 0 Å². The van der Waals surface area contributed by atoms with E-state index < -0.39 is 5.82 Å². The molecule has 2 rings (SSSR count). The maximum Gasteiger partial charge on any atom is 0.254 e. The Hall–Kier alpha value is -1.03. The molecule has 1 N–H and O–H groups in total. The van der Waals surface area contributed by atoms with Crippen LogP contribution in [0, 0.1) is 5.82 Å². The van der Waals surface area contributed by atoms with Gasteiger partial charge in [0.05, 0.1) is 5.56 Å². The van der Waals surface area contributed by atoms with Gasteiger partial charge in [-0.15, -0.1) is 0 Å². The highest BCUT2D eigenvalue weighted by Crippen LogP contribution is 2.36. The van der Waals surface area contributed by atoms with Gasteiger partial charge in [-0.05, 0) is 37.7 Å². The first-order chi connectivity index (χ1) is 8.11. The first kappa shape index (κ1) is 12.4. The van der Waals surface area contributed by atoms with Gasteiger partial charge in [-0.1, -0.05) is 12.1 Å². The van der Waals surface area contributed by atoms with Crippen LogP contribution in [0.1, 0.15) is 30.1 Å². The van der Waals surface area contributed by atoms with E-state index in [0.29, 0.717) is 6.54 Å². The molecule has 1 aliphatic rings. The summed E-state index contributed by atoms with van der Waals surface area (Å²) in [6, 6.07) is 6.07. The molecule has 17 heavy (non-hydrogen) atoms. The third-order valence-electron chi connectivity index (χ3n) is 3.04. The third kappa shape index (κ3) is 3.00. The molecule has 1 saturated heterocycles. The highest BCUT2D eigenvalue weighted by molar-refractivity contribution is 8.00. The molecule has 1 aliphatic heterocycles. The van der Waals surface area contributed by atoms with Gasteiger partial charge in [-0.25, -0.2) is 4.39 Å². The third-order valence-corrected chi connectivity index (χ3v) is 4.58. The number of nitrogens with one attached hydrogen (secondary N) is 1. The molecule has 0 bridgehead atoms. The fraction of sp³-hybridized carbons (Fsp3) is 0.462. The van der Waals surface area contributed by atoms with Crippen molar-refractivity contribution in [2.24, 2.45) is 0 Å². The van der Waals surface area contributed by atoms with Crippen molar-refractivity contribution in [3.63, 3.8) is 0 Å². The van der Waals surface area contributed by atoms with Crippen molar-refractivity contribution in [1.29, 1.82) is 0 Å². The summed E-state index contributed by atoms with van der Waals surface area (Å²) in [5.41, 5.74) is 0.124. The van der Waals surface area contributed by atoms with Crippen LogP contribution in [-0.2, 0) is 0 Å². The van der Waals surface area contributed by atoms with Gasteiger partial charge < -0.3 is 5.32 Å². The monoisotopic (exact) mass is 253 g/mol. The summed E-state index contributed by atoms with van der Waals surface area (Å²) in [6.07, 6.45) is 2.30. The van der Waals surface area contributed by atoms with Gasteiger partial charge in [0.25, 0.3) is 5.91 Å². The van der Waals surface area contributed by atoms with E-state index in [-0.39, 0.29) is 16.2 Å². The highest BCUT2D eigenvalue weighted by atomic mass is 32.2. The number of thioether (sulfide) groups is 1. The zero-order valence-corrected chi connectivity index (χ0v) is 10.6. The maximum absolute atomic E-state index is 13.4. The molecule has 0 saturated carbocycles. The quantitative estimate of drug-likeness (QED) is 0.897. The van der Waals surface area contributed by atoms with Gasteiger partial charge in [-0.3, -0.25) is 4.79 Å². The molecule has 1 unspecified atom stereocenters. The molecule has 0 aromatic heterocycles. The minimum atomic E-state index is -0.464. The summed E-state index contributed by atoms with van der Waals surface area (Å²) in [5, 5.41) is 2.82. The SMILES string of the molecule is CC1(CNC(=O)c2ccccc2F)CCCS1. The first-order valence-electron chi connectivity index (χ1n) is 5.77. The van der Waals surface area contributed by atoms with Crippen LogP contribution in [0.15, 0.2) is 24.3 Å². The topological polar surface area (TPSA) is 29.1 Å². The lowest BCUT2D eigenvalue weighted by molar-refractivity contribution is 0.0946. The molecular formula is C13H16FNOS. The summed E-state index contributed by atoms with van der Waals surface area (Å²) in [4.78, 5) is 11.8. The second kappa shape index (κ2) is 5.08.